The Kier molecular flexibility index (Phi) is 3.57. The molecule has 0 atom stereocenters. The molecule has 0 unspecified atom stereocenters. The van der Waals surface area contributed by atoms with E-state index in [4.69, 9.17) is 21.9 Å². The van der Waals surface area contributed by atoms with Crippen LogP contribution in [-0.2, 0) is 6.42 Å². The largest absolute Gasteiger partial charge is 0.367 e. The monoisotopic (exact) mass is 268 g/mol. The molecule has 3 nitrogen and oxygen atoms in total. The van der Waals surface area contributed by atoms with E-state index >= 15 is 0 Å². The maximum Gasteiger partial charge on any atom is 0.230 e. The molecule has 1 aromatic heterocycles. The molecule has 1 aromatic carbocycles. The minimum atomic E-state index is -0.501. The molecule has 0 radical (unpaired) electrons. The van der Waals surface area contributed by atoms with Crippen LogP contribution in [0.3, 0.4) is 0 Å². The summed E-state index contributed by atoms with van der Waals surface area (Å²) < 4.78 is 19.0. The molecule has 2 rings (SSSR count). The van der Waals surface area contributed by atoms with E-state index in [0.717, 1.165) is 0 Å². The van der Waals surface area contributed by atoms with E-state index in [1.165, 1.54) is 6.07 Å². The van der Waals surface area contributed by atoms with Gasteiger partial charge in [-0.2, -0.15) is 0 Å². The fourth-order valence-electron chi connectivity index (χ4n) is 1.85. The number of hydrogen-bond donors (Lipinski definition) is 1. The van der Waals surface area contributed by atoms with Gasteiger partial charge in [-0.3, -0.25) is 0 Å². The Morgan fingerprint density at radius 2 is 2.17 bits per heavy atom. The topological polar surface area (TPSA) is 52.0 Å². The summed E-state index contributed by atoms with van der Waals surface area (Å²) in [7, 11) is 0. The molecule has 0 amide bonds. The molecule has 5 heteroatoms. The third-order valence-corrected chi connectivity index (χ3v) is 2.90. The summed E-state index contributed by atoms with van der Waals surface area (Å²) in [5.74, 6) is -0.0126. The van der Waals surface area contributed by atoms with Crippen LogP contribution in [-0.4, -0.2) is 5.16 Å². The van der Waals surface area contributed by atoms with Gasteiger partial charge in [-0.15, -0.1) is 0 Å². The van der Waals surface area contributed by atoms with Gasteiger partial charge in [0.05, 0.1) is 16.3 Å². The van der Waals surface area contributed by atoms with Gasteiger partial charge in [0.1, 0.15) is 5.82 Å². The van der Waals surface area contributed by atoms with E-state index in [1.54, 1.807) is 12.1 Å². The Bertz CT molecular complexity index is 566. The number of nitrogens with two attached hydrogens (primary N) is 1. The molecule has 0 saturated heterocycles. The van der Waals surface area contributed by atoms with Crippen molar-refractivity contribution in [2.75, 3.05) is 5.73 Å². The third kappa shape index (κ3) is 2.34. The number of aromatic nitrogens is 1. The highest BCUT2D eigenvalue weighted by Gasteiger charge is 2.20. The van der Waals surface area contributed by atoms with Crippen LogP contribution >= 0.6 is 11.6 Å². The molecule has 0 fully saturated rings. The molecule has 1 heterocycles. The molecule has 0 saturated carbocycles. The summed E-state index contributed by atoms with van der Waals surface area (Å²) in [6.45, 7) is 4.09. The predicted octanol–water partition coefficient (Wildman–Crippen LogP) is 3.91. The number of halogens is 2. The number of nitrogen functional groups attached to an aromatic ring is 1. The summed E-state index contributed by atoms with van der Waals surface area (Å²) in [5.41, 5.74) is 7.22. The van der Waals surface area contributed by atoms with E-state index in [0.29, 0.717) is 29.2 Å². The van der Waals surface area contributed by atoms with Gasteiger partial charge in [0.15, 0.2) is 0 Å². The average Bonchev–Trinajstić information content (AvgIpc) is 2.63. The van der Waals surface area contributed by atoms with Gasteiger partial charge in [-0.25, -0.2) is 4.39 Å². The van der Waals surface area contributed by atoms with Crippen LogP contribution in [0, 0.1) is 11.7 Å². The van der Waals surface area contributed by atoms with Crippen molar-refractivity contribution in [1.29, 1.82) is 0 Å². The second-order valence-corrected chi connectivity index (χ2v) is 4.98. The number of anilines is 1. The second kappa shape index (κ2) is 4.98. The first kappa shape index (κ1) is 12.9. The Hall–Kier alpha value is -1.55. The van der Waals surface area contributed by atoms with Crippen molar-refractivity contribution >= 4 is 17.5 Å². The fraction of sp³-hybridized carbons (Fsp3) is 0.308. The van der Waals surface area contributed by atoms with Crippen LogP contribution in [0.5, 0.6) is 0 Å². The van der Waals surface area contributed by atoms with Crippen molar-refractivity contribution < 1.29 is 8.91 Å². The quantitative estimate of drug-likeness (QED) is 0.918. The number of nitrogens with zero attached hydrogens (tertiary/aromatic N) is 1. The van der Waals surface area contributed by atoms with Crippen LogP contribution in [0.15, 0.2) is 22.7 Å². The minimum absolute atomic E-state index is 0.0589. The molecule has 0 aliphatic heterocycles. The Labute approximate surface area is 110 Å². The van der Waals surface area contributed by atoms with Gasteiger partial charge in [0.2, 0.25) is 5.88 Å². The molecular weight excluding hydrogens is 255 g/mol. The highest BCUT2D eigenvalue weighted by atomic mass is 35.5. The minimum Gasteiger partial charge on any atom is -0.367 e. The molecule has 0 aliphatic carbocycles. The average molecular weight is 269 g/mol. The molecule has 18 heavy (non-hydrogen) atoms. The lowest BCUT2D eigenvalue weighted by molar-refractivity contribution is 0.422. The maximum absolute atomic E-state index is 14.0. The first-order valence-corrected chi connectivity index (χ1v) is 6.07. The van der Waals surface area contributed by atoms with Crippen LogP contribution in [0.1, 0.15) is 19.5 Å². The predicted molar refractivity (Wildman–Crippen MR) is 69.9 cm³/mol. The first-order valence-electron chi connectivity index (χ1n) is 5.69. The summed E-state index contributed by atoms with van der Waals surface area (Å²) in [5, 5.41) is 3.95. The van der Waals surface area contributed by atoms with Crippen LogP contribution in [0.25, 0.3) is 11.1 Å². The normalized spacial score (nSPS) is 11.2. The van der Waals surface area contributed by atoms with E-state index in [9.17, 15) is 4.39 Å². The van der Waals surface area contributed by atoms with Crippen LogP contribution in [0.4, 0.5) is 10.3 Å². The van der Waals surface area contributed by atoms with Gasteiger partial charge < -0.3 is 10.3 Å². The van der Waals surface area contributed by atoms with E-state index in [2.05, 4.69) is 5.16 Å². The smallest absolute Gasteiger partial charge is 0.230 e. The zero-order chi connectivity index (χ0) is 13.3. The van der Waals surface area contributed by atoms with Gasteiger partial charge >= 0.3 is 0 Å². The number of hydrogen-bond acceptors (Lipinski definition) is 3. The summed E-state index contributed by atoms with van der Waals surface area (Å²) in [4.78, 5) is 0. The standard InChI is InChI=1S/C13H14ClFN2O/c1-7(2)6-10-11(13(16)18-17-10)8-4-3-5-9(14)12(8)15/h3-5,7H,6,16H2,1-2H3. The Balaban J connectivity index is 2.56. The summed E-state index contributed by atoms with van der Waals surface area (Å²) in [6, 6.07) is 4.78. The molecule has 0 spiro atoms. The Morgan fingerprint density at radius 3 is 2.83 bits per heavy atom. The van der Waals surface area contributed by atoms with Gasteiger partial charge in [-0.1, -0.05) is 42.7 Å². The number of rotatable bonds is 3. The third-order valence-electron chi connectivity index (χ3n) is 2.61. The van der Waals surface area contributed by atoms with E-state index in [-0.39, 0.29) is 10.9 Å². The zero-order valence-electron chi connectivity index (χ0n) is 10.2. The zero-order valence-corrected chi connectivity index (χ0v) is 11.0. The molecule has 0 aliphatic rings. The van der Waals surface area contributed by atoms with E-state index in [1.807, 2.05) is 13.8 Å². The van der Waals surface area contributed by atoms with Crippen molar-refractivity contribution in [3.05, 3.63) is 34.7 Å². The van der Waals surface area contributed by atoms with Crippen LogP contribution < -0.4 is 5.73 Å². The fourth-order valence-corrected chi connectivity index (χ4v) is 2.02. The second-order valence-electron chi connectivity index (χ2n) is 4.57. The first-order chi connectivity index (χ1) is 8.50. The molecule has 96 valence electrons. The number of benzene rings is 1. The van der Waals surface area contributed by atoms with Crippen molar-refractivity contribution in [1.82, 2.24) is 5.16 Å². The molecule has 0 bridgehead atoms. The lowest BCUT2D eigenvalue weighted by Crippen LogP contribution is -1.98. The lowest BCUT2D eigenvalue weighted by atomic mass is 9.99. The molecule has 2 N–H and O–H groups in total. The van der Waals surface area contributed by atoms with Crippen molar-refractivity contribution in [2.45, 2.75) is 20.3 Å². The van der Waals surface area contributed by atoms with Gasteiger partial charge in [0, 0.05) is 5.56 Å². The lowest BCUT2D eigenvalue weighted by Gasteiger charge is -2.06. The van der Waals surface area contributed by atoms with Crippen molar-refractivity contribution in [3.63, 3.8) is 0 Å². The Morgan fingerprint density at radius 1 is 1.44 bits per heavy atom. The highest BCUT2D eigenvalue weighted by Crippen LogP contribution is 2.35. The summed E-state index contributed by atoms with van der Waals surface area (Å²) >= 11 is 5.77. The molecular formula is C13H14ClFN2O. The molecule has 2 aromatic rings. The van der Waals surface area contributed by atoms with Crippen molar-refractivity contribution in [3.8, 4) is 11.1 Å². The van der Waals surface area contributed by atoms with Gasteiger partial charge in [-0.05, 0) is 18.4 Å². The SMILES string of the molecule is CC(C)Cc1noc(N)c1-c1cccc(Cl)c1F. The van der Waals surface area contributed by atoms with Crippen molar-refractivity contribution in [2.24, 2.45) is 5.92 Å². The maximum atomic E-state index is 14.0. The summed E-state index contributed by atoms with van der Waals surface area (Å²) in [6.07, 6.45) is 0.669. The van der Waals surface area contributed by atoms with Gasteiger partial charge in [0.25, 0.3) is 0 Å². The van der Waals surface area contributed by atoms with Crippen LogP contribution in [0.2, 0.25) is 5.02 Å². The van der Waals surface area contributed by atoms with E-state index < -0.39 is 5.82 Å². The highest BCUT2D eigenvalue weighted by molar-refractivity contribution is 6.31.